The van der Waals surface area contributed by atoms with Gasteiger partial charge in [-0.25, -0.2) is 4.98 Å². The number of aromatic nitrogens is 1. The molecule has 0 aliphatic carbocycles. The molecular formula is C24H30N4O4. The SMILES string of the molecule is CCCOc1c(CN(C)C(=O)/C=C/c2cnc3c(c2)CN(C)CC(=O)N3)cccc1OC. The summed E-state index contributed by atoms with van der Waals surface area (Å²) >= 11 is 0. The second-order valence-electron chi connectivity index (χ2n) is 7.82. The van der Waals surface area contributed by atoms with Crippen LogP contribution in [0, 0.1) is 0 Å². The number of nitrogens with zero attached hydrogens (tertiary/aromatic N) is 3. The van der Waals surface area contributed by atoms with E-state index in [2.05, 4.69) is 10.3 Å². The predicted molar refractivity (Wildman–Crippen MR) is 123 cm³/mol. The van der Waals surface area contributed by atoms with E-state index in [9.17, 15) is 9.59 Å². The van der Waals surface area contributed by atoms with Crippen LogP contribution in [-0.2, 0) is 22.7 Å². The van der Waals surface area contributed by atoms with Gasteiger partial charge >= 0.3 is 0 Å². The quantitative estimate of drug-likeness (QED) is 0.638. The van der Waals surface area contributed by atoms with Crippen molar-refractivity contribution in [2.24, 2.45) is 0 Å². The minimum atomic E-state index is -0.144. The summed E-state index contributed by atoms with van der Waals surface area (Å²) in [5.74, 6) is 1.66. The van der Waals surface area contributed by atoms with Gasteiger partial charge in [0.15, 0.2) is 11.5 Å². The van der Waals surface area contributed by atoms with Crippen molar-refractivity contribution in [2.75, 3.05) is 39.7 Å². The number of anilines is 1. The van der Waals surface area contributed by atoms with Crippen LogP contribution in [0.4, 0.5) is 5.82 Å². The predicted octanol–water partition coefficient (Wildman–Crippen LogP) is 2.93. The Kier molecular flexibility index (Phi) is 7.83. The second-order valence-corrected chi connectivity index (χ2v) is 7.82. The molecule has 0 spiro atoms. The van der Waals surface area contributed by atoms with Gasteiger partial charge in [-0.1, -0.05) is 19.1 Å². The molecule has 2 heterocycles. The fourth-order valence-electron chi connectivity index (χ4n) is 3.46. The molecule has 0 fully saturated rings. The zero-order chi connectivity index (χ0) is 23.1. The molecule has 1 aliphatic heterocycles. The van der Waals surface area contributed by atoms with Crippen molar-refractivity contribution >= 4 is 23.7 Å². The van der Waals surface area contributed by atoms with Crippen molar-refractivity contribution in [3.8, 4) is 11.5 Å². The number of fused-ring (bicyclic) bond motifs is 1. The molecule has 2 aromatic rings. The van der Waals surface area contributed by atoms with Gasteiger partial charge in [0, 0.05) is 43.5 Å². The Morgan fingerprint density at radius 2 is 2.16 bits per heavy atom. The van der Waals surface area contributed by atoms with E-state index < -0.39 is 0 Å². The van der Waals surface area contributed by atoms with Crippen LogP contribution in [0.15, 0.2) is 36.5 Å². The van der Waals surface area contributed by atoms with E-state index in [-0.39, 0.29) is 11.8 Å². The molecule has 0 saturated carbocycles. The maximum atomic E-state index is 12.7. The largest absolute Gasteiger partial charge is 0.493 e. The Hall–Kier alpha value is -3.39. The zero-order valence-electron chi connectivity index (χ0n) is 19.1. The number of carbonyl (C=O) groups excluding carboxylic acids is 2. The summed E-state index contributed by atoms with van der Waals surface area (Å²) in [7, 11) is 5.23. The maximum absolute atomic E-state index is 12.7. The van der Waals surface area contributed by atoms with Crippen molar-refractivity contribution in [3.05, 3.63) is 53.2 Å². The molecule has 8 heteroatoms. The average Bonchev–Trinajstić information content (AvgIpc) is 2.91. The van der Waals surface area contributed by atoms with E-state index in [1.807, 2.05) is 43.1 Å². The molecule has 32 heavy (non-hydrogen) atoms. The highest BCUT2D eigenvalue weighted by atomic mass is 16.5. The first-order chi connectivity index (χ1) is 15.4. The molecule has 8 nitrogen and oxygen atoms in total. The summed E-state index contributed by atoms with van der Waals surface area (Å²) in [5, 5.41) is 2.81. The number of pyridine rings is 1. The molecule has 1 aromatic carbocycles. The van der Waals surface area contributed by atoms with E-state index >= 15 is 0 Å². The molecule has 0 saturated heterocycles. The number of hydrogen-bond donors (Lipinski definition) is 1. The molecule has 0 unspecified atom stereocenters. The van der Waals surface area contributed by atoms with Crippen LogP contribution in [0.2, 0.25) is 0 Å². The van der Waals surface area contributed by atoms with Gasteiger partial charge in [0.05, 0.1) is 20.3 Å². The van der Waals surface area contributed by atoms with Crippen LogP contribution in [-0.4, -0.2) is 61.0 Å². The molecule has 0 bridgehead atoms. The minimum absolute atomic E-state index is 0.0846. The molecule has 0 atom stereocenters. The smallest absolute Gasteiger partial charge is 0.246 e. The van der Waals surface area contributed by atoms with Gasteiger partial charge in [0.1, 0.15) is 5.82 Å². The van der Waals surface area contributed by atoms with Crippen molar-refractivity contribution in [1.29, 1.82) is 0 Å². The topological polar surface area (TPSA) is 84.0 Å². The van der Waals surface area contributed by atoms with Gasteiger partial charge in [0.2, 0.25) is 11.8 Å². The van der Waals surface area contributed by atoms with Crippen LogP contribution in [0.25, 0.3) is 6.08 Å². The lowest BCUT2D eigenvalue weighted by Crippen LogP contribution is -2.26. The highest BCUT2D eigenvalue weighted by Gasteiger charge is 2.18. The highest BCUT2D eigenvalue weighted by molar-refractivity contribution is 5.93. The van der Waals surface area contributed by atoms with Crippen LogP contribution >= 0.6 is 0 Å². The second kappa shape index (κ2) is 10.8. The lowest BCUT2D eigenvalue weighted by atomic mass is 10.1. The number of methoxy groups -OCH3 is 1. The normalized spacial score (nSPS) is 13.9. The molecular weight excluding hydrogens is 408 g/mol. The molecule has 2 amide bonds. The summed E-state index contributed by atoms with van der Waals surface area (Å²) in [6.07, 6.45) is 5.78. The van der Waals surface area contributed by atoms with Crippen LogP contribution in [0.3, 0.4) is 0 Å². The Labute approximate surface area is 188 Å². The minimum Gasteiger partial charge on any atom is -0.493 e. The Balaban J connectivity index is 1.71. The van der Waals surface area contributed by atoms with E-state index in [0.717, 1.165) is 23.1 Å². The Morgan fingerprint density at radius 1 is 1.34 bits per heavy atom. The maximum Gasteiger partial charge on any atom is 0.246 e. The average molecular weight is 439 g/mol. The number of likely N-dealkylation sites (N-methyl/N-ethyl adjacent to an activating group) is 2. The molecule has 1 aromatic heterocycles. The van der Waals surface area contributed by atoms with E-state index in [0.29, 0.717) is 43.6 Å². The van der Waals surface area contributed by atoms with E-state index in [1.165, 1.54) is 6.08 Å². The summed E-state index contributed by atoms with van der Waals surface area (Å²) in [6, 6.07) is 7.61. The molecule has 1 N–H and O–H groups in total. The summed E-state index contributed by atoms with van der Waals surface area (Å²) < 4.78 is 11.3. The fraction of sp³-hybridized carbons (Fsp3) is 0.375. The highest BCUT2D eigenvalue weighted by Crippen LogP contribution is 2.32. The number of ether oxygens (including phenoxy) is 2. The number of benzene rings is 1. The number of para-hydroxylation sites is 1. The van der Waals surface area contributed by atoms with Gasteiger partial charge in [0.25, 0.3) is 0 Å². The molecule has 1 aliphatic rings. The number of nitrogens with one attached hydrogen (secondary N) is 1. The van der Waals surface area contributed by atoms with Gasteiger partial charge in [-0.2, -0.15) is 0 Å². The van der Waals surface area contributed by atoms with Crippen molar-refractivity contribution in [3.63, 3.8) is 0 Å². The zero-order valence-corrected chi connectivity index (χ0v) is 19.1. The van der Waals surface area contributed by atoms with Gasteiger partial charge < -0.3 is 19.7 Å². The summed E-state index contributed by atoms with van der Waals surface area (Å²) in [4.78, 5) is 32.4. The first-order valence-corrected chi connectivity index (χ1v) is 10.6. The van der Waals surface area contributed by atoms with Crippen LogP contribution in [0.5, 0.6) is 11.5 Å². The Bertz CT molecular complexity index is 1010. The summed E-state index contributed by atoms with van der Waals surface area (Å²) in [5.41, 5.74) is 2.59. The lowest BCUT2D eigenvalue weighted by molar-refractivity contribution is -0.125. The third-order valence-electron chi connectivity index (χ3n) is 5.03. The van der Waals surface area contributed by atoms with E-state index in [1.54, 1.807) is 31.3 Å². The van der Waals surface area contributed by atoms with Crippen LogP contribution in [0.1, 0.15) is 30.0 Å². The van der Waals surface area contributed by atoms with Crippen molar-refractivity contribution in [2.45, 2.75) is 26.4 Å². The first kappa shape index (κ1) is 23.3. The fourth-order valence-corrected chi connectivity index (χ4v) is 3.46. The number of rotatable bonds is 8. The molecule has 0 radical (unpaired) electrons. The van der Waals surface area contributed by atoms with Crippen molar-refractivity contribution < 1.29 is 19.1 Å². The van der Waals surface area contributed by atoms with Gasteiger partial charge in [-0.15, -0.1) is 0 Å². The molecule has 3 rings (SSSR count). The van der Waals surface area contributed by atoms with E-state index in [4.69, 9.17) is 9.47 Å². The third-order valence-corrected chi connectivity index (χ3v) is 5.03. The number of carbonyl (C=O) groups is 2. The number of amides is 2. The van der Waals surface area contributed by atoms with Crippen molar-refractivity contribution in [1.82, 2.24) is 14.8 Å². The van der Waals surface area contributed by atoms with Gasteiger partial charge in [-0.05, 0) is 37.2 Å². The Morgan fingerprint density at radius 3 is 2.91 bits per heavy atom. The summed E-state index contributed by atoms with van der Waals surface area (Å²) in [6.45, 7) is 3.93. The number of hydrogen-bond acceptors (Lipinski definition) is 6. The first-order valence-electron chi connectivity index (χ1n) is 10.6. The monoisotopic (exact) mass is 438 g/mol. The third kappa shape index (κ3) is 5.85. The standard InChI is InChI=1S/C24H30N4O4/c1-5-11-32-23-18(7-6-8-20(23)31-4)15-28(3)22(30)10-9-17-12-19-14-27(2)16-21(29)26-24(19)25-13-17/h6-10,12-13H,5,11,14-16H2,1-4H3,(H,25,26,29)/b10-9+. The van der Waals surface area contributed by atoms with Gasteiger partial charge in [-0.3, -0.25) is 14.5 Å². The van der Waals surface area contributed by atoms with Crippen LogP contribution < -0.4 is 14.8 Å². The molecule has 170 valence electrons. The lowest BCUT2D eigenvalue weighted by Gasteiger charge is -2.19.